The maximum atomic E-state index is 11.3. The third-order valence-electron chi connectivity index (χ3n) is 2.59. The number of hydrogen-bond donors (Lipinski definition) is 3. The monoisotopic (exact) mass is 244 g/mol. The molecule has 0 radical (unpaired) electrons. The van der Waals surface area contributed by atoms with E-state index in [-0.39, 0.29) is 0 Å². The van der Waals surface area contributed by atoms with E-state index in [1.54, 1.807) is 6.92 Å². The molecule has 0 aliphatic heterocycles. The van der Waals surface area contributed by atoms with Crippen molar-refractivity contribution >= 4 is 12.0 Å². The zero-order valence-electron chi connectivity index (χ0n) is 10.1. The third kappa shape index (κ3) is 6.11. The van der Waals surface area contributed by atoms with Gasteiger partial charge < -0.3 is 20.5 Å². The van der Waals surface area contributed by atoms with E-state index in [0.717, 1.165) is 6.61 Å². The van der Waals surface area contributed by atoms with E-state index in [4.69, 9.17) is 9.84 Å². The zero-order chi connectivity index (χ0) is 12.7. The second-order valence-electron chi connectivity index (χ2n) is 4.22. The lowest BCUT2D eigenvalue weighted by atomic mass is 10.2. The van der Waals surface area contributed by atoms with Crippen LogP contribution in [0.4, 0.5) is 4.79 Å². The van der Waals surface area contributed by atoms with Gasteiger partial charge in [0.25, 0.3) is 0 Å². The van der Waals surface area contributed by atoms with E-state index in [9.17, 15) is 9.59 Å². The highest BCUT2D eigenvalue weighted by molar-refractivity contribution is 5.82. The summed E-state index contributed by atoms with van der Waals surface area (Å²) in [6.07, 6.45) is 2.84. The van der Waals surface area contributed by atoms with Crippen molar-refractivity contribution in [1.82, 2.24) is 10.6 Å². The molecular weight excluding hydrogens is 224 g/mol. The summed E-state index contributed by atoms with van der Waals surface area (Å²) in [5.41, 5.74) is 0. The van der Waals surface area contributed by atoms with Crippen LogP contribution in [0.25, 0.3) is 0 Å². The number of nitrogens with one attached hydrogen (secondary N) is 2. The zero-order valence-corrected chi connectivity index (χ0v) is 10.1. The lowest BCUT2D eigenvalue weighted by Gasteiger charge is -2.13. The van der Waals surface area contributed by atoms with Crippen LogP contribution < -0.4 is 10.6 Å². The average Bonchev–Trinajstić information content (AvgIpc) is 3.09. The Hall–Kier alpha value is -1.30. The molecular formula is C11H20N2O4. The van der Waals surface area contributed by atoms with Crippen LogP contribution in [0.1, 0.15) is 26.2 Å². The minimum Gasteiger partial charge on any atom is -0.480 e. The largest absolute Gasteiger partial charge is 0.480 e. The van der Waals surface area contributed by atoms with E-state index in [0.29, 0.717) is 25.5 Å². The molecule has 1 rings (SSSR count). The number of carbonyl (C=O) groups excluding carboxylic acids is 1. The maximum Gasteiger partial charge on any atom is 0.326 e. The van der Waals surface area contributed by atoms with Gasteiger partial charge in [-0.25, -0.2) is 9.59 Å². The Bertz CT molecular complexity index is 266. The van der Waals surface area contributed by atoms with Gasteiger partial charge in [0.1, 0.15) is 6.04 Å². The summed E-state index contributed by atoms with van der Waals surface area (Å²) in [4.78, 5) is 21.9. The van der Waals surface area contributed by atoms with Crippen molar-refractivity contribution < 1.29 is 19.4 Å². The molecule has 1 aliphatic rings. The molecule has 0 aromatic rings. The van der Waals surface area contributed by atoms with Crippen LogP contribution >= 0.6 is 0 Å². The van der Waals surface area contributed by atoms with Crippen molar-refractivity contribution in [3.05, 3.63) is 0 Å². The number of carboxylic acids is 1. The van der Waals surface area contributed by atoms with Crippen molar-refractivity contribution in [3.8, 4) is 0 Å². The number of carboxylic acid groups (broad SMARTS) is 1. The minimum atomic E-state index is -1.02. The molecule has 6 heteroatoms. The number of ether oxygens (including phenoxy) is 1. The van der Waals surface area contributed by atoms with Gasteiger partial charge in [-0.15, -0.1) is 0 Å². The fraction of sp³-hybridized carbons (Fsp3) is 0.818. The molecule has 98 valence electrons. The third-order valence-corrected chi connectivity index (χ3v) is 2.59. The molecule has 0 saturated heterocycles. The van der Waals surface area contributed by atoms with Gasteiger partial charge in [0.15, 0.2) is 0 Å². The van der Waals surface area contributed by atoms with E-state index < -0.39 is 18.0 Å². The molecule has 0 bridgehead atoms. The van der Waals surface area contributed by atoms with E-state index in [1.165, 1.54) is 12.8 Å². The molecule has 1 atom stereocenters. The predicted molar refractivity (Wildman–Crippen MR) is 61.8 cm³/mol. The van der Waals surface area contributed by atoms with Gasteiger partial charge in [0.05, 0.1) is 6.61 Å². The summed E-state index contributed by atoms with van der Waals surface area (Å²) < 4.78 is 5.33. The van der Waals surface area contributed by atoms with Crippen molar-refractivity contribution in [2.75, 3.05) is 19.8 Å². The Kier molecular flexibility index (Phi) is 5.76. The SMILES string of the molecule is CC[C@H](NC(=O)NCCOCC1CC1)C(=O)O. The van der Waals surface area contributed by atoms with Crippen molar-refractivity contribution in [2.24, 2.45) is 5.92 Å². The average molecular weight is 244 g/mol. The van der Waals surface area contributed by atoms with Crippen LogP contribution in [-0.4, -0.2) is 42.9 Å². The lowest BCUT2D eigenvalue weighted by molar-refractivity contribution is -0.139. The van der Waals surface area contributed by atoms with Crippen LogP contribution in [0.3, 0.4) is 0 Å². The molecule has 0 heterocycles. The maximum absolute atomic E-state index is 11.3. The summed E-state index contributed by atoms with van der Waals surface area (Å²) in [6.45, 7) is 3.33. The van der Waals surface area contributed by atoms with Gasteiger partial charge in [0.2, 0.25) is 0 Å². The molecule has 0 aromatic heterocycles. The lowest BCUT2D eigenvalue weighted by Crippen LogP contribution is -2.46. The van der Waals surface area contributed by atoms with E-state index in [2.05, 4.69) is 10.6 Å². The van der Waals surface area contributed by atoms with Crippen LogP contribution in [-0.2, 0) is 9.53 Å². The summed E-state index contributed by atoms with van der Waals surface area (Å²) in [7, 11) is 0. The van der Waals surface area contributed by atoms with Crippen LogP contribution in [0.5, 0.6) is 0 Å². The number of rotatable bonds is 8. The molecule has 1 fully saturated rings. The molecule has 1 saturated carbocycles. The van der Waals surface area contributed by atoms with Crippen molar-refractivity contribution in [3.63, 3.8) is 0 Å². The Morgan fingerprint density at radius 2 is 2.18 bits per heavy atom. The van der Waals surface area contributed by atoms with Gasteiger partial charge >= 0.3 is 12.0 Å². The topological polar surface area (TPSA) is 87.7 Å². The number of aliphatic carboxylic acids is 1. The summed E-state index contributed by atoms with van der Waals surface area (Å²) in [6, 6.07) is -1.29. The Balaban J connectivity index is 2.00. The fourth-order valence-corrected chi connectivity index (χ4v) is 1.32. The molecule has 6 nitrogen and oxygen atoms in total. The molecule has 2 amide bonds. The number of urea groups is 1. The van der Waals surface area contributed by atoms with Gasteiger partial charge in [-0.2, -0.15) is 0 Å². The quantitative estimate of drug-likeness (QED) is 0.545. The highest BCUT2D eigenvalue weighted by Crippen LogP contribution is 2.28. The van der Waals surface area contributed by atoms with Gasteiger partial charge in [0, 0.05) is 13.2 Å². The first kappa shape index (κ1) is 13.8. The smallest absolute Gasteiger partial charge is 0.326 e. The summed E-state index contributed by atoms with van der Waals surface area (Å²) in [5, 5.41) is 13.7. The minimum absolute atomic E-state index is 0.362. The normalized spacial score (nSPS) is 16.3. The fourth-order valence-electron chi connectivity index (χ4n) is 1.32. The van der Waals surface area contributed by atoms with Crippen LogP contribution in [0.15, 0.2) is 0 Å². The molecule has 0 spiro atoms. The Morgan fingerprint density at radius 1 is 1.47 bits per heavy atom. The van der Waals surface area contributed by atoms with Gasteiger partial charge in [-0.1, -0.05) is 6.92 Å². The molecule has 17 heavy (non-hydrogen) atoms. The summed E-state index contributed by atoms with van der Waals surface area (Å²) >= 11 is 0. The van der Waals surface area contributed by atoms with E-state index in [1.807, 2.05) is 0 Å². The highest BCUT2D eigenvalue weighted by atomic mass is 16.5. The van der Waals surface area contributed by atoms with E-state index >= 15 is 0 Å². The molecule has 3 N–H and O–H groups in total. The predicted octanol–water partition coefficient (Wildman–Crippen LogP) is 0.575. The number of hydrogen-bond acceptors (Lipinski definition) is 3. The second kappa shape index (κ2) is 7.11. The molecule has 0 aromatic carbocycles. The van der Waals surface area contributed by atoms with Crippen LogP contribution in [0.2, 0.25) is 0 Å². The first-order valence-electron chi connectivity index (χ1n) is 5.98. The highest BCUT2D eigenvalue weighted by Gasteiger charge is 2.21. The number of carbonyl (C=O) groups is 2. The second-order valence-corrected chi connectivity index (χ2v) is 4.22. The Labute approximate surface area is 101 Å². The molecule has 1 aliphatic carbocycles. The van der Waals surface area contributed by atoms with Crippen molar-refractivity contribution in [1.29, 1.82) is 0 Å². The number of amides is 2. The van der Waals surface area contributed by atoms with Gasteiger partial charge in [-0.05, 0) is 25.2 Å². The Morgan fingerprint density at radius 3 is 2.71 bits per heavy atom. The summed E-state index contributed by atoms with van der Waals surface area (Å²) in [5.74, 6) is -0.312. The first-order valence-corrected chi connectivity index (χ1v) is 5.98. The van der Waals surface area contributed by atoms with Crippen LogP contribution in [0, 0.1) is 5.92 Å². The van der Waals surface area contributed by atoms with Gasteiger partial charge in [-0.3, -0.25) is 0 Å². The van der Waals surface area contributed by atoms with Crippen molar-refractivity contribution in [2.45, 2.75) is 32.2 Å². The first-order chi connectivity index (χ1) is 8.13. The molecule has 0 unspecified atom stereocenters. The standard InChI is InChI=1S/C11H20N2O4/c1-2-9(10(14)15)13-11(16)12-5-6-17-7-8-3-4-8/h8-9H,2-7H2,1H3,(H,14,15)(H2,12,13,16)/t9-/m0/s1.